The Morgan fingerprint density at radius 1 is 1.19 bits per heavy atom. The van der Waals surface area contributed by atoms with Crippen molar-refractivity contribution in [2.75, 3.05) is 39.4 Å². The fraction of sp³-hybridized carbons (Fsp3) is 0.667. The Morgan fingerprint density at radius 3 is 2.52 bits per heavy atom. The lowest BCUT2D eigenvalue weighted by molar-refractivity contribution is 0.0212. The van der Waals surface area contributed by atoms with Gasteiger partial charge in [-0.2, -0.15) is 0 Å². The van der Waals surface area contributed by atoms with Crippen LogP contribution in [0, 0.1) is 5.92 Å². The van der Waals surface area contributed by atoms with Gasteiger partial charge in [-0.25, -0.2) is 0 Å². The van der Waals surface area contributed by atoms with E-state index in [1.54, 1.807) is 0 Å². The summed E-state index contributed by atoms with van der Waals surface area (Å²) in [5.41, 5.74) is 1.37. The van der Waals surface area contributed by atoms with Crippen molar-refractivity contribution in [1.82, 2.24) is 15.2 Å². The molecule has 21 heavy (non-hydrogen) atoms. The van der Waals surface area contributed by atoms with E-state index >= 15 is 0 Å². The predicted octanol–water partition coefficient (Wildman–Crippen LogP) is 2.30. The first-order chi connectivity index (χ1) is 9.45. The van der Waals surface area contributed by atoms with E-state index in [1.165, 1.54) is 18.4 Å². The van der Waals surface area contributed by atoms with Gasteiger partial charge in [-0.1, -0.05) is 6.07 Å². The third-order valence-electron chi connectivity index (χ3n) is 4.28. The highest BCUT2D eigenvalue weighted by molar-refractivity contribution is 5.85. The maximum Gasteiger partial charge on any atom is 0.0469 e. The first-order valence-electron chi connectivity index (χ1n) is 7.37. The molecule has 1 aromatic rings. The van der Waals surface area contributed by atoms with Crippen molar-refractivity contribution in [3.05, 3.63) is 30.1 Å². The summed E-state index contributed by atoms with van der Waals surface area (Å²) in [5.74, 6) is 0.705. The molecule has 2 saturated heterocycles. The molecule has 0 amide bonds. The van der Waals surface area contributed by atoms with Gasteiger partial charge in [-0.3, -0.25) is 9.88 Å². The van der Waals surface area contributed by atoms with Crippen molar-refractivity contribution in [1.29, 1.82) is 0 Å². The summed E-state index contributed by atoms with van der Waals surface area (Å²) >= 11 is 0. The van der Waals surface area contributed by atoms with Crippen LogP contribution >= 0.6 is 24.8 Å². The number of aromatic nitrogens is 1. The summed E-state index contributed by atoms with van der Waals surface area (Å²) in [6.07, 6.45) is 6.25. The van der Waals surface area contributed by atoms with Crippen LogP contribution in [0.1, 0.15) is 24.4 Å². The Morgan fingerprint density at radius 2 is 1.90 bits per heavy atom. The summed E-state index contributed by atoms with van der Waals surface area (Å²) in [6, 6.07) is 4.80. The largest absolute Gasteiger partial charge is 0.381 e. The van der Waals surface area contributed by atoms with Crippen LogP contribution in [0.15, 0.2) is 24.5 Å². The molecule has 3 heterocycles. The highest BCUT2D eigenvalue weighted by Gasteiger charge is 2.31. The van der Waals surface area contributed by atoms with Crippen molar-refractivity contribution < 1.29 is 4.74 Å². The summed E-state index contributed by atoms with van der Waals surface area (Å²) in [5, 5.41) is 3.44. The number of rotatable bonds is 3. The number of nitrogens with one attached hydrogen (secondary N) is 1. The average molecular weight is 334 g/mol. The van der Waals surface area contributed by atoms with Crippen LogP contribution in [0.2, 0.25) is 0 Å². The van der Waals surface area contributed by atoms with Gasteiger partial charge in [0.15, 0.2) is 0 Å². The molecule has 0 saturated carbocycles. The average Bonchev–Trinajstić information content (AvgIpc) is 2.51. The molecule has 1 N–H and O–H groups in total. The number of hydrogen-bond acceptors (Lipinski definition) is 4. The summed E-state index contributed by atoms with van der Waals surface area (Å²) < 4.78 is 5.53. The Hall–Kier alpha value is -0.390. The number of piperazine rings is 1. The molecule has 1 aromatic heterocycles. The standard InChI is InChI=1S/C15H23N3O.2ClH/c1-2-14(12-17-5-1)15(13-3-10-19-11-4-13)18-8-6-16-7-9-18;;/h1-2,5,12-13,15-16H,3-4,6-11H2;2*1H/t15-;;/m1../s1. The zero-order valence-corrected chi connectivity index (χ0v) is 13.9. The molecule has 2 aliphatic heterocycles. The molecule has 0 spiro atoms. The Labute approximate surface area is 139 Å². The molecule has 0 aromatic carbocycles. The van der Waals surface area contributed by atoms with Crippen LogP contribution in [0.4, 0.5) is 0 Å². The van der Waals surface area contributed by atoms with Crippen LogP contribution in [-0.4, -0.2) is 49.3 Å². The molecule has 0 radical (unpaired) electrons. The molecule has 2 aliphatic rings. The van der Waals surface area contributed by atoms with Crippen molar-refractivity contribution >= 4 is 24.8 Å². The fourth-order valence-electron chi connectivity index (χ4n) is 3.32. The summed E-state index contributed by atoms with van der Waals surface area (Å²) in [7, 11) is 0. The Kier molecular flexibility index (Phi) is 8.52. The molecule has 4 nitrogen and oxygen atoms in total. The van der Waals surface area contributed by atoms with Crippen LogP contribution in [0.5, 0.6) is 0 Å². The zero-order chi connectivity index (χ0) is 12.9. The highest BCUT2D eigenvalue weighted by Crippen LogP contribution is 2.34. The van der Waals surface area contributed by atoms with Gasteiger partial charge < -0.3 is 10.1 Å². The number of pyridine rings is 1. The van der Waals surface area contributed by atoms with E-state index in [1.807, 2.05) is 12.4 Å². The van der Waals surface area contributed by atoms with E-state index in [2.05, 4.69) is 27.3 Å². The van der Waals surface area contributed by atoms with E-state index in [0.717, 1.165) is 39.4 Å². The van der Waals surface area contributed by atoms with Crippen molar-refractivity contribution in [2.45, 2.75) is 18.9 Å². The van der Waals surface area contributed by atoms with E-state index in [0.29, 0.717) is 12.0 Å². The van der Waals surface area contributed by atoms with Crippen molar-refractivity contribution in [3.8, 4) is 0 Å². The monoisotopic (exact) mass is 333 g/mol. The van der Waals surface area contributed by atoms with Crippen LogP contribution in [0.3, 0.4) is 0 Å². The number of nitrogens with zero attached hydrogens (tertiary/aromatic N) is 2. The summed E-state index contributed by atoms with van der Waals surface area (Å²) in [6.45, 7) is 6.29. The minimum absolute atomic E-state index is 0. The Bertz CT molecular complexity index is 364. The second-order valence-electron chi connectivity index (χ2n) is 5.47. The molecule has 6 heteroatoms. The molecule has 120 valence electrons. The van der Waals surface area contributed by atoms with Gasteiger partial charge in [0.1, 0.15) is 0 Å². The number of ether oxygens (including phenoxy) is 1. The smallest absolute Gasteiger partial charge is 0.0469 e. The summed E-state index contributed by atoms with van der Waals surface area (Å²) in [4.78, 5) is 6.95. The SMILES string of the molecule is Cl.Cl.c1cncc([C@@H](C2CCOCC2)N2CCNCC2)c1. The van der Waals surface area contributed by atoms with Gasteiger partial charge in [-0.15, -0.1) is 24.8 Å². The zero-order valence-electron chi connectivity index (χ0n) is 12.2. The maximum atomic E-state index is 5.53. The molecule has 2 fully saturated rings. The molecule has 0 unspecified atom stereocenters. The van der Waals surface area contributed by atoms with Gasteiger partial charge >= 0.3 is 0 Å². The molecule has 1 atom stereocenters. The quantitative estimate of drug-likeness (QED) is 0.920. The predicted molar refractivity (Wildman–Crippen MR) is 89.5 cm³/mol. The normalized spacial score (nSPS) is 21.9. The number of hydrogen-bond donors (Lipinski definition) is 1. The van der Waals surface area contributed by atoms with Gasteiger partial charge in [-0.05, 0) is 30.4 Å². The highest BCUT2D eigenvalue weighted by atomic mass is 35.5. The van der Waals surface area contributed by atoms with E-state index in [-0.39, 0.29) is 24.8 Å². The minimum atomic E-state index is 0. The molecular formula is C15H25Cl2N3O. The van der Waals surface area contributed by atoms with E-state index < -0.39 is 0 Å². The minimum Gasteiger partial charge on any atom is -0.381 e. The lowest BCUT2D eigenvalue weighted by Crippen LogP contribution is -2.47. The molecule has 3 rings (SSSR count). The van der Waals surface area contributed by atoms with Crippen LogP contribution < -0.4 is 5.32 Å². The van der Waals surface area contributed by atoms with E-state index in [4.69, 9.17) is 4.74 Å². The molecule has 0 bridgehead atoms. The fourth-order valence-corrected chi connectivity index (χ4v) is 3.32. The number of halogens is 2. The maximum absolute atomic E-state index is 5.53. The topological polar surface area (TPSA) is 37.4 Å². The van der Waals surface area contributed by atoms with Crippen LogP contribution in [-0.2, 0) is 4.74 Å². The van der Waals surface area contributed by atoms with Gasteiger partial charge in [0.05, 0.1) is 0 Å². The first kappa shape index (κ1) is 18.7. The molecular weight excluding hydrogens is 309 g/mol. The second kappa shape index (κ2) is 9.59. The third kappa shape index (κ3) is 4.80. The second-order valence-corrected chi connectivity index (χ2v) is 5.47. The molecule has 0 aliphatic carbocycles. The van der Waals surface area contributed by atoms with Crippen molar-refractivity contribution in [3.63, 3.8) is 0 Å². The van der Waals surface area contributed by atoms with Crippen LogP contribution in [0.25, 0.3) is 0 Å². The van der Waals surface area contributed by atoms with E-state index in [9.17, 15) is 0 Å². The van der Waals surface area contributed by atoms with Crippen molar-refractivity contribution in [2.24, 2.45) is 5.92 Å². The third-order valence-corrected chi connectivity index (χ3v) is 4.28. The Balaban J connectivity index is 0.00000110. The van der Waals surface area contributed by atoms with Gasteiger partial charge in [0.25, 0.3) is 0 Å². The van der Waals surface area contributed by atoms with Gasteiger partial charge in [0, 0.05) is 57.8 Å². The van der Waals surface area contributed by atoms with Gasteiger partial charge in [0.2, 0.25) is 0 Å². The lowest BCUT2D eigenvalue weighted by atomic mass is 9.86. The lowest BCUT2D eigenvalue weighted by Gasteiger charge is -2.41. The first-order valence-corrected chi connectivity index (χ1v) is 7.37.